The molecule has 0 saturated heterocycles. The zero-order chi connectivity index (χ0) is 14.8. The fourth-order valence-electron chi connectivity index (χ4n) is 2.39. The summed E-state index contributed by atoms with van der Waals surface area (Å²) in [5.74, 6) is -0.0525. The fourth-order valence-corrected chi connectivity index (χ4v) is 2.65. The number of anilines is 1. The predicted molar refractivity (Wildman–Crippen MR) is 83.8 cm³/mol. The Balaban J connectivity index is 1.87. The Bertz CT molecular complexity index is 670. The third-order valence-corrected chi connectivity index (χ3v) is 3.98. The summed E-state index contributed by atoms with van der Waals surface area (Å²) in [6.45, 7) is 0.663. The zero-order valence-electron chi connectivity index (χ0n) is 11.2. The molecule has 1 atom stereocenters. The van der Waals surface area contributed by atoms with Crippen molar-refractivity contribution in [3.05, 3.63) is 58.1 Å². The Labute approximate surface area is 130 Å². The Morgan fingerprint density at radius 1 is 1.24 bits per heavy atom. The lowest BCUT2D eigenvalue weighted by Crippen LogP contribution is -2.20. The molecule has 2 N–H and O–H groups in total. The van der Waals surface area contributed by atoms with Crippen LogP contribution in [0.3, 0.4) is 0 Å². The van der Waals surface area contributed by atoms with E-state index in [-0.39, 0.29) is 0 Å². The van der Waals surface area contributed by atoms with E-state index in [1.54, 1.807) is 6.07 Å². The molecular weight excluding hydrogens is 334 g/mol. The van der Waals surface area contributed by atoms with Gasteiger partial charge < -0.3 is 15.2 Å². The van der Waals surface area contributed by atoms with Crippen molar-refractivity contribution in [3.63, 3.8) is 0 Å². The lowest BCUT2D eigenvalue weighted by molar-refractivity contribution is -0.138. The number of carbonyl (C=O) groups is 1. The smallest absolute Gasteiger partial charge is 0.330 e. The maximum absolute atomic E-state index is 11.6. The van der Waals surface area contributed by atoms with Crippen molar-refractivity contribution in [3.8, 4) is 5.75 Å². The van der Waals surface area contributed by atoms with E-state index in [1.165, 1.54) is 0 Å². The van der Waals surface area contributed by atoms with Gasteiger partial charge in [0.1, 0.15) is 5.75 Å². The summed E-state index contributed by atoms with van der Waals surface area (Å²) in [5, 5.41) is 12.5. The summed E-state index contributed by atoms with van der Waals surface area (Å²) in [6.07, 6.45) is 0.827. The maximum Gasteiger partial charge on any atom is 0.330 e. The first-order valence-corrected chi connectivity index (χ1v) is 7.43. The van der Waals surface area contributed by atoms with Crippen LogP contribution in [0.25, 0.3) is 0 Å². The highest BCUT2D eigenvalue weighted by Gasteiger charge is 2.22. The molecule has 1 heterocycles. The molecule has 0 saturated carbocycles. The van der Waals surface area contributed by atoms with Crippen LogP contribution in [0.1, 0.15) is 17.2 Å². The van der Waals surface area contributed by atoms with Gasteiger partial charge in [-0.05, 0) is 47.5 Å². The average molecular weight is 348 g/mol. The zero-order valence-corrected chi connectivity index (χ0v) is 12.8. The van der Waals surface area contributed by atoms with Gasteiger partial charge in [-0.25, -0.2) is 4.79 Å². The fraction of sp³-hybridized carbons (Fsp3) is 0.188. The lowest BCUT2D eigenvalue weighted by Gasteiger charge is -2.17. The molecule has 3 rings (SSSR count). The third-order valence-electron chi connectivity index (χ3n) is 3.45. The number of benzene rings is 2. The molecule has 0 radical (unpaired) electrons. The Morgan fingerprint density at radius 2 is 2.00 bits per heavy atom. The van der Waals surface area contributed by atoms with Crippen LogP contribution in [-0.2, 0) is 11.2 Å². The quantitative estimate of drug-likeness (QED) is 0.886. The molecule has 1 aliphatic rings. The first-order valence-electron chi connectivity index (χ1n) is 6.64. The lowest BCUT2D eigenvalue weighted by atomic mass is 10.0. The van der Waals surface area contributed by atoms with Crippen LogP contribution in [0.15, 0.2) is 46.9 Å². The van der Waals surface area contributed by atoms with Crippen LogP contribution >= 0.6 is 15.9 Å². The Kier molecular flexibility index (Phi) is 3.84. The topological polar surface area (TPSA) is 58.6 Å². The molecule has 108 valence electrons. The van der Waals surface area contributed by atoms with Gasteiger partial charge in [-0.3, -0.25) is 0 Å². The van der Waals surface area contributed by atoms with Gasteiger partial charge >= 0.3 is 5.97 Å². The molecule has 1 unspecified atom stereocenters. The SMILES string of the molecule is O=C(O)C(Nc1ccc(Br)cc1)c1ccc2c(c1)CCO2. The van der Waals surface area contributed by atoms with E-state index in [4.69, 9.17) is 4.74 Å². The van der Waals surface area contributed by atoms with E-state index in [0.29, 0.717) is 6.61 Å². The Morgan fingerprint density at radius 3 is 2.71 bits per heavy atom. The summed E-state index contributed by atoms with van der Waals surface area (Å²) in [5.41, 5.74) is 2.56. The van der Waals surface area contributed by atoms with Gasteiger partial charge in [0.05, 0.1) is 6.61 Å². The number of fused-ring (bicyclic) bond motifs is 1. The molecule has 0 aliphatic carbocycles. The molecule has 4 nitrogen and oxygen atoms in total. The Hall–Kier alpha value is -2.01. The monoisotopic (exact) mass is 347 g/mol. The molecule has 0 bridgehead atoms. The molecule has 1 aliphatic heterocycles. The predicted octanol–water partition coefficient (Wildman–Crippen LogP) is 3.62. The first-order chi connectivity index (χ1) is 10.1. The number of ether oxygens (including phenoxy) is 1. The number of hydrogen-bond donors (Lipinski definition) is 2. The van der Waals surface area contributed by atoms with Crippen molar-refractivity contribution in [1.29, 1.82) is 0 Å². The maximum atomic E-state index is 11.6. The minimum atomic E-state index is -0.906. The standard InChI is InChI=1S/C16H14BrNO3/c17-12-2-4-13(5-3-12)18-15(16(19)20)11-1-6-14-10(9-11)7-8-21-14/h1-6,9,15,18H,7-8H2,(H,19,20). The highest BCUT2D eigenvalue weighted by Crippen LogP contribution is 2.29. The van der Waals surface area contributed by atoms with Crippen LogP contribution in [0.2, 0.25) is 0 Å². The molecule has 2 aromatic carbocycles. The highest BCUT2D eigenvalue weighted by molar-refractivity contribution is 9.10. The van der Waals surface area contributed by atoms with Crippen LogP contribution < -0.4 is 10.1 Å². The van der Waals surface area contributed by atoms with E-state index in [1.807, 2.05) is 36.4 Å². The number of hydrogen-bond acceptors (Lipinski definition) is 3. The summed E-state index contributed by atoms with van der Waals surface area (Å²) in [6, 6.07) is 12.2. The van der Waals surface area contributed by atoms with Gasteiger partial charge in [-0.1, -0.05) is 22.0 Å². The molecule has 21 heavy (non-hydrogen) atoms. The van der Waals surface area contributed by atoms with Gasteiger partial charge in [0.15, 0.2) is 6.04 Å². The van der Waals surface area contributed by atoms with Gasteiger partial charge in [0, 0.05) is 16.6 Å². The third kappa shape index (κ3) is 3.03. The second kappa shape index (κ2) is 5.77. The van der Waals surface area contributed by atoms with Crippen molar-refractivity contribution >= 4 is 27.6 Å². The van der Waals surface area contributed by atoms with Crippen LogP contribution in [0.5, 0.6) is 5.75 Å². The van der Waals surface area contributed by atoms with Crippen molar-refractivity contribution in [2.45, 2.75) is 12.5 Å². The molecule has 5 heteroatoms. The van der Waals surface area contributed by atoms with Gasteiger partial charge in [0.2, 0.25) is 0 Å². The number of aliphatic carboxylic acids is 1. The number of rotatable bonds is 4. The molecule has 0 fully saturated rings. The molecule has 0 spiro atoms. The van der Waals surface area contributed by atoms with Crippen LogP contribution in [-0.4, -0.2) is 17.7 Å². The van der Waals surface area contributed by atoms with Crippen molar-refractivity contribution in [2.75, 3.05) is 11.9 Å². The summed E-state index contributed by atoms with van der Waals surface area (Å²) >= 11 is 3.36. The molecule has 0 amide bonds. The second-order valence-electron chi connectivity index (χ2n) is 4.89. The van der Waals surface area contributed by atoms with E-state index in [0.717, 1.165) is 33.5 Å². The second-order valence-corrected chi connectivity index (χ2v) is 5.80. The number of carboxylic acids is 1. The van der Waals surface area contributed by atoms with Gasteiger partial charge in [-0.2, -0.15) is 0 Å². The van der Waals surface area contributed by atoms with E-state index in [2.05, 4.69) is 21.2 Å². The number of halogens is 1. The minimum absolute atomic E-state index is 0.663. The molecule has 0 aromatic heterocycles. The van der Waals surface area contributed by atoms with Crippen LogP contribution in [0.4, 0.5) is 5.69 Å². The van der Waals surface area contributed by atoms with Crippen molar-refractivity contribution in [2.24, 2.45) is 0 Å². The first kappa shape index (κ1) is 13.9. The van der Waals surface area contributed by atoms with E-state index < -0.39 is 12.0 Å². The number of nitrogens with one attached hydrogen (secondary N) is 1. The molecular formula is C16H14BrNO3. The van der Waals surface area contributed by atoms with Crippen LogP contribution in [0, 0.1) is 0 Å². The van der Waals surface area contributed by atoms with E-state index >= 15 is 0 Å². The highest BCUT2D eigenvalue weighted by atomic mass is 79.9. The molecule has 2 aromatic rings. The number of carboxylic acid groups (broad SMARTS) is 1. The largest absolute Gasteiger partial charge is 0.493 e. The minimum Gasteiger partial charge on any atom is -0.493 e. The normalized spacial score (nSPS) is 14.1. The van der Waals surface area contributed by atoms with Crippen molar-refractivity contribution in [1.82, 2.24) is 0 Å². The van der Waals surface area contributed by atoms with Gasteiger partial charge in [0.25, 0.3) is 0 Å². The van der Waals surface area contributed by atoms with Gasteiger partial charge in [-0.15, -0.1) is 0 Å². The summed E-state index contributed by atoms with van der Waals surface area (Å²) < 4.78 is 6.41. The van der Waals surface area contributed by atoms with E-state index in [9.17, 15) is 9.90 Å². The van der Waals surface area contributed by atoms with Crippen molar-refractivity contribution < 1.29 is 14.6 Å². The summed E-state index contributed by atoms with van der Waals surface area (Å²) in [4.78, 5) is 11.6. The summed E-state index contributed by atoms with van der Waals surface area (Å²) in [7, 11) is 0. The average Bonchev–Trinajstić information content (AvgIpc) is 2.93.